The lowest BCUT2D eigenvalue weighted by molar-refractivity contribution is -0.116. The number of aryl methyl sites for hydroxylation is 1. The first-order valence-electron chi connectivity index (χ1n) is 5.76. The Kier molecular flexibility index (Phi) is 2.75. The van der Waals surface area contributed by atoms with E-state index >= 15 is 0 Å². The maximum atomic E-state index is 11.1. The SMILES string of the molecule is CC(=O)Cc1ccc2c(c1)OC(C)(C)CC2. The van der Waals surface area contributed by atoms with Gasteiger partial charge in [-0.25, -0.2) is 0 Å². The molecule has 2 rings (SSSR count). The molecule has 0 saturated heterocycles. The Morgan fingerprint density at radius 2 is 2.19 bits per heavy atom. The van der Waals surface area contributed by atoms with Crippen molar-refractivity contribution in [1.29, 1.82) is 0 Å². The average molecular weight is 218 g/mol. The molecular formula is C14H18O2. The van der Waals surface area contributed by atoms with E-state index in [4.69, 9.17) is 4.74 Å². The third kappa shape index (κ3) is 2.43. The summed E-state index contributed by atoms with van der Waals surface area (Å²) in [6, 6.07) is 6.13. The highest BCUT2D eigenvalue weighted by atomic mass is 16.5. The molecule has 2 heteroatoms. The van der Waals surface area contributed by atoms with Crippen LogP contribution in [0.3, 0.4) is 0 Å². The van der Waals surface area contributed by atoms with E-state index in [-0.39, 0.29) is 11.4 Å². The van der Waals surface area contributed by atoms with E-state index in [1.165, 1.54) is 5.56 Å². The summed E-state index contributed by atoms with van der Waals surface area (Å²) in [6.07, 6.45) is 2.60. The number of hydrogen-bond acceptors (Lipinski definition) is 2. The van der Waals surface area contributed by atoms with Crippen LogP contribution in [0.1, 0.15) is 38.3 Å². The van der Waals surface area contributed by atoms with E-state index in [9.17, 15) is 4.79 Å². The third-order valence-electron chi connectivity index (χ3n) is 2.97. The fraction of sp³-hybridized carbons (Fsp3) is 0.500. The van der Waals surface area contributed by atoms with Gasteiger partial charge < -0.3 is 4.74 Å². The molecular weight excluding hydrogens is 200 g/mol. The van der Waals surface area contributed by atoms with Gasteiger partial charge in [0.15, 0.2) is 0 Å². The summed E-state index contributed by atoms with van der Waals surface area (Å²) in [6.45, 7) is 5.82. The second kappa shape index (κ2) is 3.93. The first-order valence-corrected chi connectivity index (χ1v) is 5.76. The van der Waals surface area contributed by atoms with Crippen molar-refractivity contribution in [3.63, 3.8) is 0 Å². The average Bonchev–Trinajstić information content (AvgIpc) is 2.14. The Labute approximate surface area is 96.6 Å². The lowest BCUT2D eigenvalue weighted by Gasteiger charge is -2.32. The second-order valence-electron chi connectivity index (χ2n) is 5.18. The van der Waals surface area contributed by atoms with Crippen molar-refractivity contribution in [3.8, 4) is 5.75 Å². The highest BCUT2D eigenvalue weighted by Gasteiger charge is 2.26. The van der Waals surface area contributed by atoms with Crippen molar-refractivity contribution in [3.05, 3.63) is 29.3 Å². The molecule has 0 spiro atoms. The van der Waals surface area contributed by atoms with Crippen LogP contribution in [0.2, 0.25) is 0 Å². The predicted octanol–water partition coefficient (Wildman–Crippen LogP) is 2.92. The molecule has 1 aliphatic rings. The fourth-order valence-corrected chi connectivity index (χ4v) is 2.08. The van der Waals surface area contributed by atoms with Gasteiger partial charge in [-0.05, 0) is 50.8 Å². The van der Waals surface area contributed by atoms with E-state index in [0.717, 1.165) is 24.2 Å². The van der Waals surface area contributed by atoms with Crippen LogP contribution >= 0.6 is 0 Å². The standard InChI is InChI=1S/C14H18O2/c1-10(15)8-11-4-5-12-6-7-14(2,3)16-13(12)9-11/h4-5,9H,6-8H2,1-3H3. The van der Waals surface area contributed by atoms with Gasteiger partial charge in [0.1, 0.15) is 17.1 Å². The van der Waals surface area contributed by atoms with E-state index < -0.39 is 0 Å². The highest BCUT2D eigenvalue weighted by molar-refractivity contribution is 5.78. The highest BCUT2D eigenvalue weighted by Crippen LogP contribution is 2.33. The summed E-state index contributed by atoms with van der Waals surface area (Å²) in [5, 5.41) is 0. The molecule has 0 amide bonds. The van der Waals surface area contributed by atoms with E-state index in [0.29, 0.717) is 6.42 Å². The van der Waals surface area contributed by atoms with E-state index in [1.807, 2.05) is 12.1 Å². The zero-order chi connectivity index (χ0) is 11.8. The number of fused-ring (bicyclic) bond motifs is 1. The smallest absolute Gasteiger partial charge is 0.134 e. The Balaban J connectivity index is 2.27. The quantitative estimate of drug-likeness (QED) is 0.763. The van der Waals surface area contributed by atoms with Crippen LogP contribution in [-0.2, 0) is 17.6 Å². The number of carbonyl (C=O) groups excluding carboxylic acids is 1. The van der Waals surface area contributed by atoms with Crippen molar-refractivity contribution < 1.29 is 9.53 Å². The molecule has 0 atom stereocenters. The Morgan fingerprint density at radius 3 is 2.88 bits per heavy atom. The molecule has 0 saturated carbocycles. The molecule has 0 radical (unpaired) electrons. The number of ether oxygens (including phenoxy) is 1. The van der Waals surface area contributed by atoms with Gasteiger partial charge in [0.25, 0.3) is 0 Å². The molecule has 16 heavy (non-hydrogen) atoms. The zero-order valence-corrected chi connectivity index (χ0v) is 10.2. The van der Waals surface area contributed by atoms with Crippen molar-refractivity contribution in [2.75, 3.05) is 0 Å². The van der Waals surface area contributed by atoms with Crippen LogP contribution in [-0.4, -0.2) is 11.4 Å². The molecule has 0 bridgehead atoms. The van der Waals surface area contributed by atoms with E-state index in [2.05, 4.69) is 19.9 Å². The lowest BCUT2D eigenvalue weighted by Crippen LogP contribution is -2.32. The van der Waals surface area contributed by atoms with Crippen molar-refractivity contribution >= 4 is 5.78 Å². The minimum absolute atomic E-state index is 0.0815. The zero-order valence-electron chi connectivity index (χ0n) is 10.2. The molecule has 86 valence electrons. The van der Waals surface area contributed by atoms with Gasteiger partial charge in [-0.1, -0.05) is 12.1 Å². The third-order valence-corrected chi connectivity index (χ3v) is 2.97. The van der Waals surface area contributed by atoms with Crippen LogP contribution in [0.25, 0.3) is 0 Å². The molecule has 0 N–H and O–H groups in total. The normalized spacial score (nSPS) is 17.4. The van der Waals surface area contributed by atoms with Crippen molar-refractivity contribution in [2.24, 2.45) is 0 Å². The second-order valence-corrected chi connectivity index (χ2v) is 5.18. The van der Waals surface area contributed by atoms with E-state index in [1.54, 1.807) is 6.92 Å². The van der Waals surface area contributed by atoms with Gasteiger partial charge in [0, 0.05) is 6.42 Å². The van der Waals surface area contributed by atoms with Crippen LogP contribution in [0.5, 0.6) is 5.75 Å². The Hall–Kier alpha value is -1.31. The molecule has 0 aliphatic carbocycles. The monoisotopic (exact) mass is 218 g/mol. The van der Waals surface area contributed by atoms with Gasteiger partial charge in [0.2, 0.25) is 0 Å². The Morgan fingerprint density at radius 1 is 1.44 bits per heavy atom. The summed E-state index contributed by atoms with van der Waals surface area (Å²) in [7, 11) is 0. The number of benzene rings is 1. The number of Topliss-reactive ketones (excluding diaryl/α,β-unsaturated/α-hetero) is 1. The van der Waals surface area contributed by atoms with Crippen molar-refractivity contribution in [1.82, 2.24) is 0 Å². The first kappa shape index (κ1) is 11.2. The van der Waals surface area contributed by atoms with Gasteiger partial charge in [0.05, 0.1) is 0 Å². The number of rotatable bonds is 2. The molecule has 1 aliphatic heterocycles. The van der Waals surface area contributed by atoms with Gasteiger partial charge >= 0.3 is 0 Å². The van der Waals surface area contributed by atoms with Crippen LogP contribution in [0.15, 0.2) is 18.2 Å². The summed E-state index contributed by atoms with van der Waals surface area (Å²) in [5.41, 5.74) is 2.22. The van der Waals surface area contributed by atoms with Gasteiger partial charge in [-0.15, -0.1) is 0 Å². The van der Waals surface area contributed by atoms with Gasteiger partial charge in [-0.3, -0.25) is 4.79 Å². The first-order chi connectivity index (χ1) is 7.46. The number of carbonyl (C=O) groups is 1. The molecule has 2 nitrogen and oxygen atoms in total. The number of ketones is 1. The summed E-state index contributed by atoms with van der Waals surface area (Å²) in [5.74, 6) is 1.14. The molecule has 1 aromatic rings. The van der Waals surface area contributed by atoms with Crippen LogP contribution in [0, 0.1) is 0 Å². The largest absolute Gasteiger partial charge is 0.488 e. The molecule has 0 aromatic heterocycles. The predicted molar refractivity (Wildman–Crippen MR) is 63.9 cm³/mol. The maximum Gasteiger partial charge on any atom is 0.134 e. The summed E-state index contributed by atoms with van der Waals surface area (Å²) >= 11 is 0. The van der Waals surface area contributed by atoms with Crippen LogP contribution in [0.4, 0.5) is 0 Å². The molecule has 0 unspecified atom stereocenters. The van der Waals surface area contributed by atoms with Crippen molar-refractivity contribution in [2.45, 2.75) is 45.6 Å². The Bertz CT molecular complexity index is 419. The van der Waals surface area contributed by atoms with Crippen LogP contribution < -0.4 is 4.74 Å². The molecule has 1 aromatic carbocycles. The maximum absolute atomic E-state index is 11.1. The summed E-state index contributed by atoms with van der Waals surface area (Å²) < 4.78 is 5.93. The minimum atomic E-state index is -0.0815. The topological polar surface area (TPSA) is 26.3 Å². The summed E-state index contributed by atoms with van der Waals surface area (Å²) in [4.78, 5) is 11.1. The minimum Gasteiger partial charge on any atom is -0.488 e. The lowest BCUT2D eigenvalue weighted by atomic mass is 9.93. The fourth-order valence-electron chi connectivity index (χ4n) is 2.08. The number of hydrogen-bond donors (Lipinski definition) is 0. The van der Waals surface area contributed by atoms with Gasteiger partial charge in [-0.2, -0.15) is 0 Å². The molecule has 1 heterocycles. The molecule has 0 fully saturated rings.